The normalized spacial score (nSPS) is 11.8. The lowest BCUT2D eigenvalue weighted by Gasteiger charge is -2.20. The highest BCUT2D eigenvalue weighted by molar-refractivity contribution is 5.93. The van der Waals surface area contributed by atoms with Crippen LogP contribution in [0.15, 0.2) is 28.8 Å². The summed E-state index contributed by atoms with van der Waals surface area (Å²) in [5.74, 6) is 0.104. The van der Waals surface area contributed by atoms with E-state index >= 15 is 0 Å². The fourth-order valence-electron chi connectivity index (χ4n) is 2.75. The van der Waals surface area contributed by atoms with E-state index in [-0.39, 0.29) is 11.8 Å². The first-order chi connectivity index (χ1) is 11.8. The Morgan fingerprint density at radius 3 is 2.44 bits per heavy atom. The number of carboxylic acid groups (broad SMARTS) is 1. The molecule has 7 heteroatoms. The van der Waals surface area contributed by atoms with E-state index in [1.54, 1.807) is 36.2 Å². The number of benzene rings is 1. The highest BCUT2D eigenvalue weighted by Gasteiger charge is 2.21. The van der Waals surface area contributed by atoms with Crippen LogP contribution >= 0.6 is 0 Å². The van der Waals surface area contributed by atoms with Gasteiger partial charge in [0.15, 0.2) is 6.61 Å². The van der Waals surface area contributed by atoms with Crippen molar-refractivity contribution in [1.29, 1.82) is 0 Å². The monoisotopic (exact) mass is 346 g/mol. The average molecular weight is 346 g/mol. The summed E-state index contributed by atoms with van der Waals surface area (Å²) in [5.41, 5.74) is 2.48. The zero-order chi connectivity index (χ0) is 18.6. The molecule has 1 heterocycles. The number of aryl methyl sites for hydroxylation is 2. The van der Waals surface area contributed by atoms with Crippen molar-refractivity contribution in [2.24, 2.45) is 0 Å². The zero-order valence-corrected chi connectivity index (χ0v) is 14.8. The van der Waals surface area contributed by atoms with Crippen LogP contribution < -0.4 is 9.64 Å². The number of hydrogen-bond donors (Lipinski definition) is 1. The lowest BCUT2D eigenvalue weighted by molar-refractivity contribution is -0.139. The van der Waals surface area contributed by atoms with Crippen LogP contribution in [-0.4, -0.2) is 35.8 Å². The van der Waals surface area contributed by atoms with Crippen molar-refractivity contribution in [1.82, 2.24) is 5.16 Å². The van der Waals surface area contributed by atoms with Gasteiger partial charge in [0.25, 0.3) is 0 Å². The van der Waals surface area contributed by atoms with Crippen LogP contribution in [0, 0.1) is 13.8 Å². The molecule has 0 fully saturated rings. The molecular weight excluding hydrogens is 324 g/mol. The van der Waals surface area contributed by atoms with Gasteiger partial charge >= 0.3 is 5.97 Å². The number of carbonyl (C=O) groups excluding carboxylic acids is 1. The van der Waals surface area contributed by atoms with E-state index in [4.69, 9.17) is 14.4 Å². The Kier molecular flexibility index (Phi) is 5.80. The van der Waals surface area contributed by atoms with Gasteiger partial charge in [0.1, 0.15) is 11.5 Å². The van der Waals surface area contributed by atoms with Crippen molar-refractivity contribution in [3.05, 3.63) is 41.3 Å². The molecular formula is C18H22N2O5. The summed E-state index contributed by atoms with van der Waals surface area (Å²) < 4.78 is 10.2. The lowest BCUT2D eigenvalue weighted by Crippen LogP contribution is -2.27. The first kappa shape index (κ1) is 18.5. The largest absolute Gasteiger partial charge is 0.482 e. The summed E-state index contributed by atoms with van der Waals surface area (Å²) in [6.45, 7) is 5.28. The minimum absolute atomic E-state index is 0.000580. The number of anilines is 1. The third kappa shape index (κ3) is 4.59. The van der Waals surface area contributed by atoms with Crippen LogP contribution in [0.5, 0.6) is 5.75 Å². The minimum atomic E-state index is -1.04. The maximum atomic E-state index is 12.5. The van der Waals surface area contributed by atoms with Gasteiger partial charge in [-0.25, -0.2) is 4.79 Å². The molecule has 1 unspecified atom stereocenters. The van der Waals surface area contributed by atoms with Crippen LogP contribution in [0.3, 0.4) is 0 Å². The molecule has 0 radical (unpaired) electrons. The molecule has 0 aliphatic heterocycles. The second kappa shape index (κ2) is 7.83. The molecule has 1 aromatic heterocycles. The Morgan fingerprint density at radius 2 is 1.92 bits per heavy atom. The lowest BCUT2D eigenvalue weighted by atomic mass is 9.95. The number of hydrogen-bond acceptors (Lipinski definition) is 5. The Bertz CT molecular complexity index is 732. The molecule has 0 aliphatic carbocycles. The summed E-state index contributed by atoms with van der Waals surface area (Å²) in [7, 11) is 1.70. The predicted octanol–water partition coefficient (Wildman–Crippen LogP) is 2.91. The van der Waals surface area contributed by atoms with Gasteiger partial charge < -0.3 is 19.3 Å². The highest BCUT2D eigenvalue weighted by atomic mass is 16.5. The van der Waals surface area contributed by atoms with Crippen molar-refractivity contribution < 1.29 is 24.0 Å². The fraction of sp³-hybridized carbons (Fsp3) is 0.389. The van der Waals surface area contributed by atoms with Crippen molar-refractivity contribution in [3.8, 4) is 5.75 Å². The summed E-state index contributed by atoms with van der Waals surface area (Å²) in [4.78, 5) is 24.6. The van der Waals surface area contributed by atoms with Crippen LogP contribution in [-0.2, 0) is 9.59 Å². The van der Waals surface area contributed by atoms with Crippen LogP contribution in [0.25, 0.3) is 0 Å². The van der Waals surface area contributed by atoms with E-state index in [1.807, 2.05) is 20.8 Å². The quantitative estimate of drug-likeness (QED) is 0.828. The molecule has 0 aliphatic rings. The van der Waals surface area contributed by atoms with Gasteiger partial charge in [0.05, 0.1) is 5.69 Å². The van der Waals surface area contributed by atoms with Gasteiger partial charge in [0.2, 0.25) is 5.91 Å². The van der Waals surface area contributed by atoms with E-state index in [0.717, 1.165) is 17.0 Å². The topological polar surface area (TPSA) is 92.9 Å². The molecule has 1 N–H and O–H groups in total. The highest BCUT2D eigenvalue weighted by Crippen LogP contribution is 2.27. The first-order valence-electron chi connectivity index (χ1n) is 7.93. The second-order valence-corrected chi connectivity index (χ2v) is 5.97. The van der Waals surface area contributed by atoms with E-state index in [2.05, 4.69) is 5.16 Å². The Hall–Kier alpha value is -2.83. The van der Waals surface area contributed by atoms with Crippen molar-refractivity contribution in [3.63, 3.8) is 0 Å². The number of rotatable bonds is 7. The van der Waals surface area contributed by atoms with Gasteiger partial charge in [-0.2, -0.15) is 0 Å². The number of aromatic nitrogens is 1. The Labute approximate surface area is 146 Å². The van der Waals surface area contributed by atoms with Crippen molar-refractivity contribution in [2.45, 2.75) is 33.1 Å². The maximum absolute atomic E-state index is 12.5. The summed E-state index contributed by atoms with van der Waals surface area (Å²) >= 11 is 0. The van der Waals surface area contributed by atoms with Crippen molar-refractivity contribution >= 4 is 17.6 Å². The summed E-state index contributed by atoms with van der Waals surface area (Å²) in [6.07, 6.45) is 0.330. The molecule has 0 spiro atoms. The molecule has 0 saturated carbocycles. The molecule has 0 saturated heterocycles. The molecule has 1 aromatic carbocycles. The summed E-state index contributed by atoms with van der Waals surface area (Å²) in [5, 5.41) is 12.5. The van der Waals surface area contributed by atoms with Gasteiger partial charge in [0, 0.05) is 24.7 Å². The van der Waals surface area contributed by atoms with Crippen LogP contribution in [0.2, 0.25) is 0 Å². The maximum Gasteiger partial charge on any atom is 0.341 e. The molecule has 7 nitrogen and oxygen atoms in total. The van der Waals surface area contributed by atoms with Gasteiger partial charge in [-0.15, -0.1) is 0 Å². The number of amides is 1. The van der Waals surface area contributed by atoms with E-state index in [0.29, 0.717) is 17.9 Å². The molecule has 0 bridgehead atoms. The molecule has 1 amide bonds. The number of ether oxygens (including phenoxy) is 1. The molecule has 134 valence electrons. The standard InChI is InChI=1S/C18H22N2O5/c1-11(18-12(2)19-25-13(18)3)9-16(21)20(4)14-5-7-15(8-6-14)24-10-17(22)23/h5-8,11H,9-10H2,1-4H3,(H,22,23). The average Bonchev–Trinajstić information content (AvgIpc) is 2.91. The van der Waals surface area contributed by atoms with Gasteiger partial charge in [-0.1, -0.05) is 12.1 Å². The van der Waals surface area contributed by atoms with Gasteiger partial charge in [-0.3, -0.25) is 4.79 Å². The zero-order valence-electron chi connectivity index (χ0n) is 14.8. The molecule has 1 atom stereocenters. The fourth-order valence-corrected chi connectivity index (χ4v) is 2.75. The molecule has 2 rings (SSSR count). The van der Waals surface area contributed by atoms with Crippen molar-refractivity contribution in [2.75, 3.05) is 18.6 Å². The summed E-state index contributed by atoms with van der Waals surface area (Å²) in [6, 6.07) is 6.71. The number of nitrogens with zero attached hydrogens (tertiary/aromatic N) is 2. The number of carboxylic acids is 1. The third-order valence-electron chi connectivity index (χ3n) is 4.02. The molecule has 25 heavy (non-hydrogen) atoms. The number of aliphatic carboxylic acids is 1. The Morgan fingerprint density at radius 1 is 1.28 bits per heavy atom. The van der Waals surface area contributed by atoms with Crippen LogP contribution in [0.4, 0.5) is 5.69 Å². The first-order valence-corrected chi connectivity index (χ1v) is 7.93. The second-order valence-electron chi connectivity index (χ2n) is 5.97. The van der Waals surface area contributed by atoms with E-state index in [9.17, 15) is 9.59 Å². The molecule has 2 aromatic rings. The third-order valence-corrected chi connectivity index (χ3v) is 4.02. The number of carbonyl (C=O) groups is 2. The minimum Gasteiger partial charge on any atom is -0.482 e. The smallest absolute Gasteiger partial charge is 0.341 e. The Balaban J connectivity index is 2.00. The predicted molar refractivity (Wildman–Crippen MR) is 92.0 cm³/mol. The SMILES string of the molecule is Cc1noc(C)c1C(C)CC(=O)N(C)c1ccc(OCC(=O)O)cc1. The van der Waals surface area contributed by atoms with Gasteiger partial charge in [-0.05, 0) is 44.0 Å². The van der Waals surface area contributed by atoms with Crippen LogP contribution in [0.1, 0.15) is 36.3 Å². The van der Waals surface area contributed by atoms with E-state index in [1.165, 1.54) is 0 Å². The van der Waals surface area contributed by atoms with E-state index < -0.39 is 12.6 Å².